The third-order valence-electron chi connectivity index (χ3n) is 5.57. The highest BCUT2D eigenvalue weighted by molar-refractivity contribution is 7.87. The molecule has 4 aromatic rings. The van der Waals surface area contributed by atoms with Crippen molar-refractivity contribution in [2.45, 2.75) is 12.5 Å². The fraction of sp³-hybridized carbons (Fsp3) is 0.0714. The first-order valence-electron chi connectivity index (χ1n) is 10.4. The van der Waals surface area contributed by atoms with Crippen LogP contribution in [0.2, 0.25) is 0 Å². The van der Waals surface area contributed by atoms with Crippen LogP contribution in [0, 0.1) is 0 Å². The van der Waals surface area contributed by atoms with Crippen LogP contribution in [-0.2, 0) is 10.2 Å². The average molecular weight is 442 g/mol. The Bertz CT molecular complexity index is 1210. The fourth-order valence-corrected chi connectivity index (χ4v) is 6.85. The minimum atomic E-state index is -3.68. The lowest BCUT2D eigenvalue weighted by Crippen LogP contribution is -2.25. The van der Waals surface area contributed by atoms with E-state index in [4.69, 9.17) is 0 Å². The van der Waals surface area contributed by atoms with Crippen molar-refractivity contribution in [3.63, 3.8) is 0 Å². The maximum Gasteiger partial charge on any atom is 0.174 e. The molecule has 0 radical (unpaired) electrons. The van der Waals surface area contributed by atoms with Gasteiger partial charge in [-0.05, 0) is 18.1 Å². The Hall–Kier alpha value is -3.26. The number of halogens is 1. The van der Waals surface area contributed by atoms with Crippen molar-refractivity contribution >= 4 is 23.1 Å². The van der Waals surface area contributed by atoms with E-state index in [0.717, 1.165) is 0 Å². The molecular weight excluding hydrogens is 418 g/mol. The van der Waals surface area contributed by atoms with Gasteiger partial charge in [0, 0.05) is 10.6 Å². The summed E-state index contributed by atoms with van der Waals surface area (Å²) in [6, 6.07) is 35.3. The summed E-state index contributed by atoms with van der Waals surface area (Å²) in [5.74, 6) is -0.828. The SMILES string of the molecule is CC(O)(/C(F)=C(/c1ccccc1)P(=O)(c1ccccc1)c1ccccc1)c1ccccc1. The zero-order valence-corrected chi connectivity index (χ0v) is 18.6. The third kappa shape index (κ3) is 3.98. The Morgan fingerprint density at radius 3 is 1.50 bits per heavy atom. The fourth-order valence-electron chi connectivity index (χ4n) is 3.85. The summed E-state index contributed by atoms with van der Waals surface area (Å²) in [5.41, 5.74) is -1.11. The maximum absolute atomic E-state index is 16.5. The molecular formula is C28H24FO2P. The smallest absolute Gasteiger partial charge is 0.174 e. The van der Waals surface area contributed by atoms with Gasteiger partial charge in [-0.2, -0.15) is 0 Å². The van der Waals surface area contributed by atoms with Crippen molar-refractivity contribution in [3.05, 3.63) is 138 Å². The predicted molar refractivity (Wildman–Crippen MR) is 130 cm³/mol. The zero-order valence-electron chi connectivity index (χ0n) is 17.7. The van der Waals surface area contributed by atoms with Crippen LogP contribution in [0.15, 0.2) is 127 Å². The first-order valence-corrected chi connectivity index (χ1v) is 12.1. The monoisotopic (exact) mass is 442 g/mol. The van der Waals surface area contributed by atoms with Gasteiger partial charge in [-0.15, -0.1) is 0 Å². The number of hydrogen-bond donors (Lipinski definition) is 1. The molecule has 0 aromatic heterocycles. The van der Waals surface area contributed by atoms with E-state index < -0.39 is 18.6 Å². The number of aliphatic hydroxyl groups is 1. The molecule has 1 unspecified atom stereocenters. The summed E-state index contributed by atoms with van der Waals surface area (Å²) < 4.78 is 31.6. The molecule has 4 aromatic carbocycles. The van der Waals surface area contributed by atoms with E-state index in [-0.39, 0.29) is 5.31 Å². The Labute approximate surface area is 188 Å². The van der Waals surface area contributed by atoms with Gasteiger partial charge in [0.1, 0.15) is 11.4 Å². The average Bonchev–Trinajstić information content (AvgIpc) is 2.86. The largest absolute Gasteiger partial charge is 0.378 e. The van der Waals surface area contributed by atoms with Gasteiger partial charge in [0.15, 0.2) is 7.14 Å². The van der Waals surface area contributed by atoms with Crippen LogP contribution in [0.3, 0.4) is 0 Å². The predicted octanol–water partition coefficient (Wildman–Crippen LogP) is 6.25. The van der Waals surface area contributed by atoms with Crippen molar-refractivity contribution < 1.29 is 14.1 Å². The topological polar surface area (TPSA) is 37.3 Å². The van der Waals surface area contributed by atoms with Crippen LogP contribution in [0.4, 0.5) is 4.39 Å². The second-order valence-electron chi connectivity index (χ2n) is 7.75. The third-order valence-corrected chi connectivity index (χ3v) is 8.71. The van der Waals surface area contributed by atoms with Gasteiger partial charge in [0.2, 0.25) is 0 Å². The highest BCUT2D eigenvalue weighted by atomic mass is 31.2. The molecule has 0 aliphatic carbocycles. The molecule has 2 nitrogen and oxygen atoms in total. The standard InChI is InChI=1S/C28H24FO2P/c1-28(30,23-16-8-3-9-17-23)27(29)26(22-14-6-2-7-15-22)32(31,24-18-10-4-11-19-24)25-20-12-5-13-21-25/h2-21,30H,1H3/b27-26+. The van der Waals surface area contributed by atoms with E-state index in [1.165, 1.54) is 6.92 Å². The lowest BCUT2D eigenvalue weighted by Gasteiger charge is -2.29. The molecule has 0 aliphatic rings. The molecule has 0 saturated carbocycles. The molecule has 0 heterocycles. The summed E-state index contributed by atoms with van der Waals surface area (Å²) in [5, 5.41) is 12.4. The van der Waals surface area contributed by atoms with Gasteiger partial charge >= 0.3 is 0 Å². The Balaban J connectivity index is 2.10. The number of rotatable bonds is 6. The summed E-state index contributed by atoms with van der Waals surface area (Å²) >= 11 is 0. The van der Waals surface area contributed by atoms with Gasteiger partial charge < -0.3 is 9.67 Å². The first-order chi connectivity index (χ1) is 15.5. The molecule has 0 amide bonds. The molecule has 0 fully saturated rings. The van der Waals surface area contributed by atoms with Crippen LogP contribution in [0.1, 0.15) is 18.1 Å². The van der Waals surface area contributed by atoms with Crippen LogP contribution >= 0.6 is 7.14 Å². The van der Waals surface area contributed by atoms with Crippen molar-refractivity contribution in [2.75, 3.05) is 0 Å². The van der Waals surface area contributed by atoms with Crippen molar-refractivity contribution in [1.82, 2.24) is 0 Å². The second-order valence-corrected chi connectivity index (χ2v) is 10.4. The number of hydrogen-bond acceptors (Lipinski definition) is 2. The lowest BCUT2D eigenvalue weighted by atomic mass is 9.93. The maximum atomic E-state index is 16.5. The Morgan fingerprint density at radius 1 is 0.688 bits per heavy atom. The number of benzene rings is 4. The molecule has 0 bridgehead atoms. The molecule has 0 aliphatic heterocycles. The Morgan fingerprint density at radius 2 is 1.06 bits per heavy atom. The minimum absolute atomic E-state index is 0.00403. The zero-order chi connectivity index (χ0) is 22.6. The van der Waals surface area contributed by atoms with Crippen LogP contribution in [0.25, 0.3) is 5.31 Å². The van der Waals surface area contributed by atoms with E-state index >= 15 is 8.96 Å². The normalized spacial score (nSPS) is 14.3. The van der Waals surface area contributed by atoms with Gasteiger partial charge in [-0.25, -0.2) is 4.39 Å². The van der Waals surface area contributed by atoms with Gasteiger partial charge in [0.25, 0.3) is 0 Å². The van der Waals surface area contributed by atoms with Crippen LogP contribution in [0.5, 0.6) is 0 Å². The van der Waals surface area contributed by atoms with E-state index in [1.54, 1.807) is 103 Å². The summed E-state index contributed by atoms with van der Waals surface area (Å²) in [6.45, 7) is 1.40. The molecule has 0 spiro atoms. The van der Waals surface area contributed by atoms with Gasteiger partial charge in [0.05, 0.1) is 5.31 Å². The molecule has 4 rings (SSSR count). The van der Waals surface area contributed by atoms with E-state index in [0.29, 0.717) is 21.7 Å². The molecule has 1 atom stereocenters. The minimum Gasteiger partial charge on any atom is -0.378 e. The highest BCUT2D eigenvalue weighted by Crippen LogP contribution is 2.60. The second kappa shape index (κ2) is 9.08. The van der Waals surface area contributed by atoms with E-state index in [9.17, 15) is 5.11 Å². The Kier molecular flexibility index (Phi) is 6.23. The molecule has 160 valence electrons. The quantitative estimate of drug-likeness (QED) is 0.359. The summed E-state index contributed by atoms with van der Waals surface area (Å²) in [7, 11) is -3.68. The molecule has 1 N–H and O–H groups in total. The lowest BCUT2D eigenvalue weighted by molar-refractivity contribution is 0.0734. The first kappa shape index (κ1) is 22.0. The highest BCUT2D eigenvalue weighted by Gasteiger charge is 2.41. The van der Waals surface area contributed by atoms with E-state index in [2.05, 4.69) is 0 Å². The van der Waals surface area contributed by atoms with Gasteiger partial charge in [-0.1, -0.05) is 121 Å². The molecule has 4 heteroatoms. The molecule has 32 heavy (non-hydrogen) atoms. The molecule has 0 saturated heterocycles. The van der Waals surface area contributed by atoms with Crippen LogP contribution < -0.4 is 10.6 Å². The van der Waals surface area contributed by atoms with Crippen molar-refractivity contribution in [2.24, 2.45) is 0 Å². The van der Waals surface area contributed by atoms with Gasteiger partial charge in [-0.3, -0.25) is 0 Å². The van der Waals surface area contributed by atoms with E-state index in [1.807, 2.05) is 18.2 Å². The van der Waals surface area contributed by atoms with Crippen molar-refractivity contribution in [3.8, 4) is 0 Å². The summed E-state index contributed by atoms with van der Waals surface area (Å²) in [4.78, 5) is 0. The summed E-state index contributed by atoms with van der Waals surface area (Å²) in [6.07, 6.45) is 0. The van der Waals surface area contributed by atoms with Crippen molar-refractivity contribution in [1.29, 1.82) is 0 Å². The van der Waals surface area contributed by atoms with Crippen LogP contribution in [-0.4, -0.2) is 5.11 Å².